The number of nitrogens with zero attached hydrogens (tertiary/aromatic N) is 2. The van der Waals surface area contributed by atoms with Crippen LogP contribution < -0.4 is 19.5 Å². The van der Waals surface area contributed by atoms with Crippen molar-refractivity contribution < 1.29 is 22.7 Å². The van der Waals surface area contributed by atoms with Gasteiger partial charge in [-0.1, -0.05) is 29.5 Å². The number of nitriles is 2. The third-order valence-corrected chi connectivity index (χ3v) is 6.20. The van der Waals surface area contributed by atoms with E-state index in [4.69, 9.17) is 20.0 Å². The summed E-state index contributed by atoms with van der Waals surface area (Å²) in [4.78, 5) is 12.3. The third-order valence-electron chi connectivity index (χ3n) is 3.54. The highest BCUT2D eigenvalue weighted by Crippen LogP contribution is 2.47. The molecule has 2 N–H and O–H groups in total. The highest BCUT2D eigenvalue weighted by molar-refractivity contribution is 7.89. The molecule has 0 saturated carbocycles. The SMILES string of the molecule is N#CCNS(=O)(=O)c1c(C(=O)Nc2ccccc2CC#N)sc2c1OCO2. The first-order valence-corrected chi connectivity index (χ1v) is 9.83. The van der Waals surface area contributed by atoms with Crippen LogP contribution in [-0.4, -0.2) is 27.7 Å². The number of benzene rings is 1. The second kappa shape index (κ2) is 7.63. The van der Waals surface area contributed by atoms with Crippen LogP contribution in [0.15, 0.2) is 29.2 Å². The summed E-state index contributed by atoms with van der Waals surface area (Å²) in [5.74, 6) is -0.745. The molecule has 2 aromatic rings. The van der Waals surface area contributed by atoms with Crippen LogP contribution in [0.4, 0.5) is 5.69 Å². The molecule has 0 spiro atoms. The molecule has 0 bridgehead atoms. The molecule has 0 saturated heterocycles. The van der Waals surface area contributed by atoms with Crippen molar-refractivity contribution in [2.45, 2.75) is 11.3 Å². The summed E-state index contributed by atoms with van der Waals surface area (Å²) in [7, 11) is -4.17. The van der Waals surface area contributed by atoms with E-state index in [-0.39, 0.29) is 33.8 Å². The minimum Gasteiger partial charge on any atom is -0.451 e. The molecule has 0 unspecified atom stereocenters. The molecule has 0 atom stereocenters. The molecule has 1 aromatic heterocycles. The van der Waals surface area contributed by atoms with Crippen molar-refractivity contribution in [3.63, 3.8) is 0 Å². The summed E-state index contributed by atoms with van der Waals surface area (Å²) >= 11 is 0.829. The van der Waals surface area contributed by atoms with Crippen LogP contribution in [0.2, 0.25) is 0 Å². The zero-order chi connectivity index (χ0) is 19.4. The Labute approximate surface area is 158 Å². The van der Waals surface area contributed by atoms with Gasteiger partial charge in [0, 0.05) is 5.69 Å². The van der Waals surface area contributed by atoms with Crippen LogP contribution >= 0.6 is 11.3 Å². The van der Waals surface area contributed by atoms with Crippen LogP contribution in [0.3, 0.4) is 0 Å². The molecular formula is C16H12N4O5S2. The van der Waals surface area contributed by atoms with E-state index >= 15 is 0 Å². The molecule has 138 valence electrons. The number of thiophene rings is 1. The van der Waals surface area contributed by atoms with Crippen molar-refractivity contribution in [2.75, 3.05) is 18.7 Å². The van der Waals surface area contributed by atoms with Crippen LogP contribution in [0.25, 0.3) is 0 Å². The second-order valence-electron chi connectivity index (χ2n) is 5.21. The van der Waals surface area contributed by atoms with E-state index in [0.29, 0.717) is 11.3 Å². The van der Waals surface area contributed by atoms with Crippen molar-refractivity contribution in [1.82, 2.24) is 4.72 Å². The first kappa shape index (κ1) is 18.7. The average molecular weight is 404 g/mol. The number of nitrogens with one attached hydrogen (secondary N) is 2. The summed E-state index contributed by atoms with van der Waals surface area (Å²) in [5, 5.41) is 20.3. The zero-order valence-corrected chi connectivity index (χ0v) is 15.3. The Kier molecular flexibility index (Phi) is 5.28. The largest absolute Gasteiger partial charge is 0.451 e. The number of hydrogen-bond donors (Lipinski definition) is 2. The predicted molar refractivity (Wildman–Crippen MR) is 95.0 cm³/mol. The highest BCUT2D eigenvalue weighted by Gasteiger charge is 2.36. The van der Waals surface area contributed by atoms with Gasteiger partial charge < -0.3 is 14.8 Å². The first-order valence-electron chi connectivity index (χ1n) is 7.53. The predicted octanol–water partition coefficient (Wildman–Crippen LogP) is 1.60. The van der Waals surface area contributed by atoms with Gasteiger partial charge in [-0.2, -0.15) is 15.2 Å². The van der Waals surface area contributed by atoms with Gasteiger partial charge >= 0.3 is 0 Å². The maximum absolute atomic E-state index is 12.8. The monoisotopic (exact) mass is 404 g/mol. The lowest BCUT2D eigenvalue weighted by Crippen LogP contribution is -2.26. The Hall–Kier alpha value is -3.12. The molecule has 1 amide bonds. The number of para-hydroxylation sites is 1. The smallest absolute Gasteiger partial charge is 0.267 e. The van der Waals surface area contributed by atoms with Gasteiger partial charge in [-0.3, -0.25) is 4.79 Å². The fourth-order valence-corrected chi connectivity index (χ4v) is 4.92. The van der Waals surface area contributed by atoms with Gasteiger partial charge in [0.2, 0.25) is 21.9 Å². The summed E-state index contributed by atoms with van der Waals surface area (Å²) in [6, 6.07) is 10.4. The Morgan fingerprint density at radius 2 is 2.00 bits per heavy atom. The number of carbonyl (C=O) groups is 1. The molecule has 0 radical (unpaired) electrons. The minimum absolute atomic E-state index is 0.0547. The zero-order valence-electron chi connectivity index (χ0n) is 13.7. The topological polar surface area (TPSA) is 141 Å². The van der Waals surface area contributed by atoms with Gasteiger partial charge in [0.1, 0.15) is 4.88 Å². The van der Waals surface area contributed by atoms with Gasteiger partial charge in [0.25, 0.3) is 5.91 Å². The van der Waals surface area contributed by atoms with Gasteiger partial charge in [0.15, 0.2) is 10.6 Å². The number of fused-ring (bicyclic) bond motifs is 1. The van der Waals surface area contributed by atoms with E-state index in [9.17, 15) is 13.2 Å². The highest BCUT2D eigenvalue weighted by atomic mass is 32.2. The fraction of sp³-hybridized carbons (Fsp3) is 0.188. The van der Waals surface area contributed by atoms with E-state index in [2.05, 4.69) is 10.0 Å². The van der Waals surface area contributed by atoms with Crippen molar-refractivity contribution >= 4 is 33.0 Å². The Balaban J connectivity index is 2.00. The Morgan fingerprint density at radius 3 is 2.74 bits per heavy atom. The maximum Gasteiger partial charge on any atom is 0.267 e. The Morgan fingerprint density at radius 1 is 1.22 bits per heavy atom. The van der Waals surface area contributed by atoms with E-state index in [0.717, 1.165) is 11.3 Å². The van der Waals surface area contributed by atoms with Crippen molar-refractivity contribution in [2.24, 2.45) is 0 Å². The number of hydrogen-bond acceptors (Lipinski definition) is 8. The number of sulfonamides is 1. The lowest BCUT2D eigenvalue weighted by atomic mass is 10.1. The minimum atomic E-state index is -4.17. The first-order chi connectivity index (χ1) is 13.0. The number of ether oxygens (including phenoxy) is 2. The van der Waals surface area contributed by atoms with E-state index in [1.54, 1.807) is 30.3 Å². The van der Waals surface area contributed by atoms with Crippen LogP contribution in [0, 0.1) is 22.7 Å². The third kappa shape index (κ3) is 3.71. The average Bonchev–Trinajstić information content (AvgIpc) is 3.22. The fourth-order valence-electron chi connectivity index (χ4n) is 2.40. The van der Waals surface area contributed by atoms with E-state index in [1.165, 1.54) is 0 Å². The van der Waals surface area contributed by atoms with Gasteiger partial charge in [0.05, 0.1) is 25.1 Å². The summed E-state index contributed by atoms with van der Waals surface area (Å²) in [5.41, 5.74) is 0.990. The van der Waals surface area contributed by atoms with E-state index < -0.39 is 22.5 Å². The summed E-state index contributed by atoms with van der Waals surface area (Å²) < 4.78 is 37.6. The number of rotatable bonds is 6. The van der Waals surface area contributed by atoms with Crippen molar-refractivity contribution in [1.29, 1.82) is 10.5 Å². The van der Waals surface area contributed by atoms with Gasteiger partial charge in [-0.15, -0.1) is 0 Å². The van der Waals surface area contributed by atoms with Crippen molar-refractivity contribution in [3.05, 3.63) is 34.7 Å². The van der Waals surface area contributed by atoms with Crippen LogP contribution in [0.5, 0.6) is 10.8 Å². The van der Waals surface area contributed by atoms with Gasteiger partial charge in [-0.25, -0.2) is 8.42 Å². The number of amides is 1. The molecule has 1 aliphatic heterocycles. The number of anilines is 1. The standard InChI is InChI=1S/C16H12N4O5S2/c17-6-5-10-3-1-2-4-11(10)20-15(21)13-14(27(22,23)19-8-7-18)12-16(26-13)25-9-24-12/h1-4,19H,5,8-9H2,(H,20,21). The number of carbonyl (C=O) groups excluding carboxylic acids is 1. The normalized spacial score (nSPS) is 12.2. The molecule has 0 aliphatic carbocycles. The molecule has 2 heterocycles. The lowest BCUT2D eigenvalue weighted by Gasteiger charge is -2.10. The molecule has 11 heteroatoms. The van der Waals surface area contributed by atoms with E-state index in [1.807, 2.05) is 6.07 Å². The van der Waals surface area contributed by atoms with Crippen LogP contribution in [-0.2, 0) is 16.4 Å². The molecule has 0 fully saturated rings. The molecule has 3 rings (SSSR count). The quantitative estimate of drug-likeness (QED) is 0.696. The van der Waals surface area contributed by atoms with Crippen LogP contribution in [0.1, 0.15) is 15.2 Å². The van der Waals surface area contributed by atoms with Crippen molar-refractivity contribution in [3.8, 4) is 23.0 Å². The molecule has 27 heavy (non-hydrogen) atoms. The molecule has 1 aliphatic rings. The summed E-state index contributed by atoms with van der Waals surface area (Å²) in [6.45, 7) is -0.616. The molecular weight excluding hydrogens is 392 g/mol. The second-order valence-corrected chi connectivity index (χ2v) is 7.90. The van der Waals surface area contributed by atoms with Gasteiger partial charge in [-0.05, 0) is 11.6 Å². The Bertz CT molecular complexity index is 1080. The maximum atomic E-state index is 12.8. The molecule has 1 aromatic carbocycles. The summed E-state index contributed by atoms with van der Waals surface area (Å²) in [6.07, 6.45) is 0.0818. The lowest BCUT2D eigenvalue weighted by molar-refractivity contribution is 0.102. The molecule has 9 nitrogen and oxygen atoms in total.